The molecule has 1 aromatic heterocycles. The first-order chi connectivity index (χ1) is 10.2. The Hall–Kier alpha value is -2.17. The summed E-state index contributed by atoms with van der Waals surface area (Å²) in [6.45, 7) is 3.84. The molecule has 1 aromatic carbocycles. The number of allylic oxidation sites excluding steroid dienone is 1. The van der Waals surface area contributed by atoms with Crippen molar-refractivity contribution in [3.05, 3.63) is 65.4 Å². The number of benzene rings is 1. The fourth-order valence-corrected chi connectivity index (χ4v) is 1.66. The van der Waals surface area contributed by atoms with E-state index >= 15 is 0 Å². The monoisotopic (exact) mass is 287 g/mol. The van der Waals surface area contributed by atoms with Gasteiger partial charge in [0.15, 0.2) is 0 Å². The Balaban J connectivity index is 0.000000677. The Labute approximate surface area is 125 Å². The van der Waals surface area contributed by atoms with E-state index in [2.05, 4.69) is 35.3 Å². The topological polar surface area (TPSA) is 62.6 Å². The Bertz CT molecular complexity index is 550. The summed E-state index contributed by atoms with van der Waals surface area (Å²) in [5.41, 5.74) is 3.50. The average Bonchev–Trinajstić information content (AvgIpc) is 2.48. The Kier molecular flexibility index (Phi) is 7.79. The molecule has 0 aliphatic rings. The molecule has 2 N–H and O–H groups in total. The molecule has 0 saturated heterocycles. The van der Waals surface area contributed by atoms with Crippen LogP contribution in [0.1, 0.15) is 23.6 Å². The number of hydrogen-bond donors (Lipinski definition) is 2. The Morgan fingerprint density at radius 3 is 2.38 bits per heavy atom. The molecule has 0 radical (unpaired) electrons. The lowest BCUT2D eigenvalue weighted by atomic mass is 10.1. The molecule has 1 heterocycles. The number of ether oxygens (including phenoxy) is 1. The van der Waals surface area contributed by atoms with E-state index in [9.17, 15) is 0 Å². The molecule has 0 unspecified atom stereocenters. The molecular weight excluding hydrogens is 266 g/mol. The highest BCUT2D eigenvalue weighted by Crippen LogP contribution is 2.12. The molecule has 0 spiro atoms. The van der Waals surface area contributed by atoms with Crippen LogP contribution in [0.3, 0.4) is 0 Å². The summed E-state index contributed by atoms with van der Waals surface area (Å²) in [6.07, 6.45) is 5.87. The normalized spacial score (nSPS) is 10.1. The highest BCUT2D eigenvalue weighted by Gasteiger charge is 1.97. The third-order valence-corrected chi connectivity index (χ3v) is 2.62. The maximum Gasteiger partial charge on any atom is 0.213 e. The van der Waals surface area contributed by atoms with Gasteiger partial charge in [-0.3, -0.25) is 0 Å². The lowest BCUT2D eigenvalue weighted by molar-refractivity contribution is 0.0773. The number of aliphatic hydroxyl groups is 2. The van der Waals surface area contributed by atoms with E-state index in [4.69, 9.17) is 14.9 Å². The first-order valence-corrected chi connectivity index (χ1v) is 6.68. The van der Waals surface area contributed by atoms with E-state index < -0.39 is 6.79 Å². The van der Waals surface area contributed by atoms with Gasteiger partial charge in [0.2, 0.25) is 5.88 Å². The fourth-order valence-electron chi connectivity index (χ4n) is 1.66. The number of rotatable bonds is 4. The number of aryl methyl sites for hydroxylation is 1. The largest absolute Gasteiger partial charge is 0.473 e. The van der Waals surface area contributed by atoms with Crippen LogP contribution in [0.15, 0.2) is 48.7 Å². The standard InChI is InChI=1S/C16H17NO.CH4O2/c1-3-4-14-5-7-15(8-6-14)12-18-16-11-13(2)9-10-17-16;2-1-3/h3-11H,12H2,1-2H3;2-3H,1H2/b4-3+;. The molecule has 4 nitrogen and oxygen atoms in total. The van der Waals surface area contributed by atoms with Crippen molar-refractivity contribution in [2.75, 3.05) is 6.79 Å². The smallest absolute Gasteiger partial charge is 0.213 e. The summed E-state index contributed by atoms with van der Waals surface area (Å²) in [5.74, 6) is 0.674. The van der Waals surface area contributed by atoms with Crippen LogP contribution in [0, 0.1) is 6.92 Å². The third kappa shape index (κ3) is 6.70. The summed E-state index contributed by atoms with van der Waals surface area (Å²) in [4.78, 5) is 4.17. The van der Waals surface area contributed by atoms with Gasteiger partial charge in [0.25, 0.3) is 0 Å². The van der Waals surface area contributed by atoms with Crippen molar-refractivity contribution in [1.29, 1.82) is 0 Å². The van der Waals surface area contributed by atoms with E-state index in [0.29, 0.717) is 12.5 Å². The minimum absolute atomic E-state index is 0.548. The van der Waals surface area contributed by atoms with Gasteiger partial charge in [-0.15, -0.1) is 0 Å². The van der Waals surface area contributed by atoms with E-state index in [-0.39, 0.29) is 0 Å². The van der Waals surface area contributed by atoms with Crippen molar-refractivity contribution in [3.8, 4) is 5.88 Å². The van der Waals surface area contributed by atoms with Crippen LogP contribution in [0.4, 0.5) is 0 Å². The van der Waals surface area contributed by atoms with E-state index in [1.54, 1.807) is 6.20 Å². The molecule has 0 aliphatic heterocycles. The van der Waals surface area contributed by atoms with Crippen molar-refractivity contribution in [2.45, 2.75) is 20.5 Å². The van der Waals surface area contributed by atoms with Crippen LogP contribution >= 0.6 is 0 Å². The molecule has 0 saturated carbocycles. The zero-order valence-electron chi connectivity index (χ0n) is 12.4. The van der Waals surface area contributed by atoms with Gasteiger partial charge < -0.3 is 14.9 Å². The van der Waals surface area contributed by atoms with Crippen LogP contribution in [-0.4, -0.2) is 22.0 Å². The SMILES string of the molecule is C/C=C/c1ccc(COc2cc(C)ccn2)cc1.OCO. The van der Waals surface area contributed by atoms with Crippen LogP contribution in [0.2, 0.25) is 0 Å². The summed E-state index contributed by atoms with van der Waals surface area (Å²) in [7, 11) is 0. The number of pyridine rings is 1. The second kappa shape index (κ2) is 9.69. The predicted molar refractivity (Wildman–Crippen MR) is 83.8 cm³/mol. The van der Waals surface area contributed by atoms with Gasteiger partial charge in [0.05, 0.1) is 0 Å². The Morgan fingerprint density at radius 1 is 1.14 bits per heavy atom. The number of nitrogens with zero attached hydrogens (tertiary/aromatic N) is 1. The summed E-state index contributed by atoms with van der Waals surface area (Å²) in [6, 6.07) is 12.2. The summed E-state index contributed by atoms with van der Waals surface area (Å²) >= 11 is 0. The molecule has 2 rings (SSSR count). The van der Waals surface area contributed by atoms with Gasteiger partial charge in [-0.2, -0.15) is 0 Å². The van der Waals surface area contributed by atoms with Crippen molar-refractivity contribution < 1.29 is 14.9 Å². The Morgan fingerprint density at radius 2 is 1.81 bits per heavy atom. The van der Waals surface area contributed by atoms with Gasteiger partial charge in [0, 0.05) is 12.3 Å². The van der Waals surface area contributed by atoms with Crippen molar-refractivity contribution in [1.82, 2.24) is 4.98 Å². The molecule has 0 aliphatic carbocycles. The van der Waals surface area contributed by atoms with Crippen molar-refractivity contribution in [2.24, 2.45) is 0 Å². The quantitative estimate of drug-likeness (QED) is 0.849. The maximum atomic E-state index is 7.12. The molecule has 0 atom stereocenters. The molecule has 112 valence electrons. The fraction of sp³-hybridized carbons (Fsp3) is 0.235. The molecule has 0 fully saturated rings. The molecule has 2 aromatic rings. The lowest BCUT2D eigenvalue weighted by Crippen LogP contribution is -1.97. The number of aliphatic hydroxyl groups excluding tert-OH is 1. The molecule has 0 amide bonds. The van der Waals surface area contributed by atoms with Crippen LogP contribution in [-0.2, 0) is 6.61 Å². The van der Waals surface area contributed by atoms with Crippen molar-refractivity contribution in [3.63, 3.8) is 0 Å². The first-order valence-electron chi connectivity index (χ1n) is 6.68. The highest BCUT2D eigenvalue weighted by atomic mass is 16.5. The minimum Gasteiger partial charge on any atom is -0.473 e. The van der Waals surface area contributed by atoms with E-state index in [1.165, 1.54) is 5.56 Å². The summed E-state index contributed by atoms with van der Waals surface area (Å²) in [5, 5.41) is 14.2. The third-order valence-electron chi connectivity index (χ3n) is 2.62. The van der Waals surface area contributed by atoms with Gasteiger partial charge in [-0.05, 0) is 36.6 Å². The highest BCUT2D eigenvalue weighted by molar-refractivity contribution is 5.49. The zero-order chi connectivity index (χ0) is 15.5. The van der Waals surface area contributed by atoms with Gasteiger partial charge in [-0.25, -0.2) is 4.98 Å². The van der Waals surface area contributed by atoms with Crippen LogP contribution < -0.4 is 4.74 Å². The van der Waals surface area contributed by atoms with Gasteiger partial charge >= 0.3 is 0 Å². The molecule has 0 bridgehead atoms. The number of hydrogen-bond acceptors (Lipinski definition) is 4. The zero-order valence-corrected chi connectivity index (χ0v) is 12.4. The van der Waals surface area contributed by atoms with Crippen LogP contribution in [0.25, 0.3) is 6.08 Å². The molecular formula is C17H21NO3. The molecule has 4 heteroatoms. The molecule has 21 heavy (non-hydrogen) atoms. The van der Waals surface area contributed by atoms with E-state index in [1.807, 2.05) is 32.1 Å². The lowest BCUT2D eigenvalue weighted by Gasteiger charge is -2.06. The van der Waals surface area contributed by atoms with Gasteiger partial charge in [0.1, 0.15) is 13.4 Å². The average molecular weight is 287 g/mol. The van der Waals surface area contributed by atoms with Crippen molar-refractivity contribution >= 4 is 6.08 Å². The minimum atomic E-state index is -0.750. The number of aromatic nitrogens is 1. The predicted octanol–water partition coefficient (Wildman–Crippen LogP) is 2.93. The van der Waals surface area contributed by atoms with Gasteiger partial charge in [-0.1, -0.05) is 36.4 Å². The summed E-state index contributed by atoms with van der Waals surface area (Å²) < 4.78 is 5.64. The maximum absolute atomic E-state index is 7.12. The van der Waals surface area contributed by atoms with Crippen LogP contribution in [0.5, 0.6) is 5.88 Å². The second-order valence-electron chi connectivity index (χ2n) is 4.34. The first kappa shape index (κ1) is 16.9. The van der Waals surface area contributed by atoms with E-state index in [0.717, 1.165) is 11.1 Å². The second-order valence-corrected chi connectivity index (χ2v) is 4.34.